The van der Waals surface area contributed by atoms with Gasteiger partial charge in [0.15, 0.2) is 5.16 Å². The monoisotopic (exact) mass is 408 g/mol. The average molecular weight is 409 g/mol. The van der Waals surface area contributed by atoms with Crippen molar-refractivity contribution in [2.45, 2.75) is 28.8 Å². The number of halogens is 1. The fourth-order valence-corrected chi connectivity index (χ4v) is 4.38. The number of nitrogens with one attached hydrogen (secondary N) is 1. The molecule has 0 radical (unpaired) electrons. The minimum absolute atomic E-state index is 0.188. The van der Waals surface area contributed by atoms with Crippen LogP contribution in [0.25, 0.3) is 0 Å². The lowest BCUT2D eigenvalue weighted by Gasteiger charge is -2.13. The molecule has 3 rings (SSSR count). The van der Waals surface area contributed by atoms with E-state index in [1.807, 2.05) is 25.5 Å². The van der Waals surface area contributed by atoms with Gasteiger partial charge in [0.25, 0.3) is 10.0 Å². The highest BCUT2D eigenvalue weighted by Gasteiger charge is 2.18. The van der Waals surface area contributed by atoms with E-state index in [9.17, 15) is 8.42 Å². The molecule has 3 aromatic rings. The molecule has 0 atom stereocenters. The third-order valence-corrected chi connectivity index (χ3v) is 6.50. The van der Waals surface area contributed by atoms with E-state index >= 15 is 0 Å². The van der Waals surface area contributed by atoms with Gasteiger partial charge >= 0.3 is 0 Å². The van der Waals surface area contributed by atoms with E-state index in [0.29, 0.717) is 20.8 Å². The molecule has 0 saturated carbocycles. The average Bonchev–Trinajstić information content (AvgIpc) is 2.89. The number of hydrogen-bond donors (Lipinski definition) is 1. The first kappa shape index (κ1) is 18.8. The molecule has 0 unspecified atom stereocenters. The Labute approximate surface area is 161 Å². The van der Waals surface area contributed by atoms with Crippen molar-refractivity contribution in [2.24, 2.45) is 7.05 Å². The molecule has 0 bridgehead atoms. The fraction of sp³-hybridized carbons (Fsp3) is 0.176. The van der Waals surface area contributed by atoms with E-state index in [0.717, 1.165) is 11.4 Å². The third kappa shape index (κ3) is 4.03. The third-order valence-electron chi connectivity index (χ3n) is 3.77. The largest absolute Gasteiger partial charge is 0.309 e. The van der Waals surface area contributed by atoms with Crippen LogP contribution in [-0.2, 0) is 17.1 Å². The van der Waals surface area contributed by atoms with E-state index in [1.54, 1.807) is 42.5 Å². The second-order valence-electron chi connectivity index (χ2n) is 5.75. The zero-order valence-electron chi connectivity index (χ0n) is 14.4. The molecule has 26 heavy (non-hydrogen) atoms. The minimum Gasteiger partial charge on any atom is -0.309 e. The molecular formula is C17H17ClN4O2S2. The molecule has 2 aromatic carbocycles. The predicted octanol–water partition coefficient (Wildman–Crippen LogP) is 4.04. The summed E-state index contributed by atoms with van der Waals surface area (Å²) in [6.45, 7) is 3.75. The van der Waals surface area contributed by atoms with Gasteiger partial charge in [0, 0.05) is 17.0 Å². The van der Waals surface area contributed by atoms with E-state index in [4.69, 9.17) is 11.6 Å². The molecule has 6 nitrogen and oxygen atoms in total. The van der Waals surface area contributed by atoms with Crippen LogP contribution in [-0.4, -0.2) is 23.2 Å². The molecule has 9 heteroatoms. The Morgan fingerprint density at radius 1 is 1.08 bits per heavy atom. The Morgan fingerprint density at radius 2 is 1.77 bits per heavy atom. The second kappa shape index (κ2) is 7.30. The first-order chi connectivity index (χ1) is 12.3. The van der Waals surface area contributed by atoms with Crippen LogP contribution in [0.3, 0.4) is 0 Å². The topological polar surface area (TPSA) is 76.9 Å². The van der Waals surface area contributed by atoms with Crippen molar-refractivity contribution in [3.8, 4) is 0 Å². The molecule has 0 fully saturated rings. The smallest absolute Gasteiger partial charge is 0.261 e. The van der Waals surface area contributed by atoms with Crippen LogP contribution in [0, 0.1) is 13.8 Å². The highest BCUT2D eigenvalue weighted by molar-refractivity contribution is 7.99. The lowest BCUT2D eigenvalue weighted by Crippen LogP contribution is -2.13. The van der Waals surface area contributed by atoms with Gasteiger partial charge in [0.05, 0.1) is 10.6 Å². The van der Waals surface area contributed by atoms with Gasteiger partial charge in [0.2, 0.25) is 0 Å². The summed E-state index contributed by atoms with van der Waals surface area (Å²) in [6, 6.07) is 11.7. The van der Waals surface area contributed by atoms with E-state index in [1.165, 1.54) is 11.8 Å². The van der Waals surface area contributed by atoms with Gasteiger partial charge in [-0.3, -0.25) is 4.72 Å². The lowest BCUT2D eigenvalue weighted by molar-refractivity contribution is 0.601. The highest BCUT2D eigenvalue weighted by atomic mass is 35.5. The molecule has 1 heterocycles. The number of aromatic nitrogens is 3. The van der Waals surface area contributed by atoms with Crippen LogP contribution >= 0.6 is 23.4 Å². The molecular weight excluding hydrogens is 392 g/mol. The van der Waals surface area contributed by atoms with Crippen LogP contribution in [0.2, 0.25) is 5.02 Å². The minimum atomic E-state index is -3.73. The second-order valence-corrected chi connectivity index (χ2v) is 8.88. The number of benzene rings is 2. The summed E-state index contributed by atoms with van der Waals surface area (Å²) in [5, 5.41) is 9.21. The summed E-state index contributed by atoms with van der Waals surface area (Å²) < 4.78 is 29.9. The van der Waals surface area contributed by atoms with Crippen molar-refractivity contribution < 1.29 is 8.42 Å². The number of sulfonamides is 1. The Morgan fingerprint density at radius 3 is 2.38 bits per heavy atom. The molecule has 136 valence electrons. The highest BCUT2D eigenvalue weighted by Crippen LogP contribution is 2.35. The normalized spacial score (nSPS) is 11.5. The molecule has 0 amide bonds. The summed E-state index contributed by atoms with van der Waals surface area (Å²) >= 11 is 7.39. The molecule has 1 N–H and O–H groups in total. The maximum atomic E-state index is 12.7. The van der Waals surface area contributed by atoms with Crippen LogP contribution in [0.4, 0.5) is 5.69 Å². The zero-order valence-corrected chi connectivity index (χ0v) is 16.8. The van der Waals surface area contributed by atoms with Gasteiger partial charge in [-0.05, 0) is 55.9 Å². The number of rotatable bonds is 5. The van der Waals surface area contributed by atoms with E-state index in [-0.39, 0.29) is 4.90 Å². The first-order valence-electron chi connectivity index (χ1n) is 7.69. The standard InChI is InChI=1S/C17H17ClN4O2S2/c1-11-4-7-14(8-5-11)26(23,24)21-15-10-13(18)6-9-16(15)25-17-20-19-12(2)22(17)3/h4-10,21H,1-3H3. The van der Waals surface area contributed by atoms with Crippen molar-refractivity contribution in [3.63, 3.8) is 0 Å². The van der Waals surface area contributed by atoms with Crippen molar-refractivity contribution in [1.82, 2.24) is 14.8 Å². The summed E-state index contributed by atoms with van der Waals surface area (Å²) in [4.78, 5) is 0.870. The maximum absolute atomic E-state index is 12.7. The number of aryl methyl sites for hydroxylation is 2. The Bertz CT molecular complexity index is 1050. The van der Waals surface area contributed by atoms with Crippen LogP contribution in [0.5, 0.6) is 0 Å². The first-order valence-corrected chi connectivity index (χ1v) is 10.4. The van der Waals surface area contributed by atoms with Gasteiger partial charge in [-0.15, -0.1) is 10.2 Å². The van der Waals surface area contributed by atoms with E-state index < -0.39 is 10.0 Å². The molecule has 0 saturated heterocycles. The summed E-state index contributed by atoms with van der Waals surface area (Å²) in [5.41, 5.74) is 1.38. The molecule has 0 spiro atoms. The SMILES string of the molecule is Cc1ccc(S(=O)(=O)Nc2cc(Cl)ccc2Sc2nnc(C)n2C)cc1. The fourth-order valence-electron chi connectivity index (χ4n) is 2.17. The molecule has 0 aliphatic carbocycles. The van der Waals surface area contributed by atoms with Gasteiger partial charge in [0.1, 0.15) is 5.82 Å². The van der Waals surface area contributed by atoms with Crippen molar-refractivity contribution >= 4 is 39.1 Å². The molecule has 0 aliphatic rings. The van der Waals surface area contributed by atoms with Gasteiger partial charge in [-0.2, -0.15) is 0 Å². The van der Waals surface area contributed by atoms with Crippen LogP contribution < -0.4 is 4.72 Å². The Kier molecular flexibility index (Phi) is 5.27. The molecule has 1 aromatic heterocycles. The summed E-state index contributed by atoms with van der Waals surface area (Å²) in [6.07, 6.45) is 0. The quantitative estimate of drug-likeness (QED) is 0.689. The summed E-state index contributed by atoms with van der Waals surface area (Å²) in [7, 11) is -1.88. The number of anilines is 1. The van der Waals surface area contributed by atoms with E-state index in [2.05, 4.69) is 14.9 Å². The Hall–Kier alpha value is -2.03. The van der Waals surface area contributed by atoms with Gasteiger partial charge in [-0.25, -0.2) is 8.42 Å². The van der Waals surface area contributed by atoms with Crippen molar-refractivity contribution in [3.05, 3.63) is 58.9 Å². The number of nitrogens with zero attached hydrogens (tertiary/aromatic N) is 3. The molecule has 0 aliphatic heterocycles. The van der Waals surface area contributed by atoms with Crippen LogP contribution in [0.15, 0.2) is 57.4 Å². The van der Waals surface area contributed by atoms with Crippen LogP contribution in [0.1, 0.15) is 11.4 Å². The number of hydrogen-bond acceptors (Lipinski definition) is 5. The zero-order chi connectivity index (χ0) is 18.9. The Balaban J connectivity index is 1.95. The van der Waals surface area contributed by atoms with Gasteiger partial charge in [-0.1, -0.05) is 29.3 Å². The predicted molar refractivity (Wildman–Crippen MR) is 103 cm³/mol. The van der Waals surface area contributed by atoms with Gasteiger partial charge < -0.3 is 4.57 Å². The maximum Gasteiger partial charge on any atom is 0.261 e. The van der Waals surface area contributed by atoms with Crippen molar-refractivity contribution in [1.29, 1.82) is 0 Å². The summed E-state index contributed by atoms with van der Waals surface area (Å²) in [5.74, 6) is 0.767. The lowest BCUT2D eigenvalue weighted by atomic mass is 10.2. The van der Waals surface area contributed by atoms with Crippen molar-refractivity contribution in [2.75, 3.05) is 4.72 Å².